The van der Waals surface area contributed by atoms with Crippen LogP contribution in [0, 0.1) is 0 Å². The molecule has 0 spiro atoms. The van der Waals surface area contributed by atoms with Gasteiger partial charge in [-0.15, -0.1) is 0 Å². The summed E-state index contributed by atoms with van der Waals surface area (Å²) >= 11 is 0. The first kappa shape index (κ1) is 17.5. The fourth-order valence-corrected chi connectivity index (χ4v) is 3.24. The number of alkyl halides is 3. The first-order chi connectivity index (χ1) is 13.0. The van der Waals surface area contributed by atoms with Crippen molar-refractivity contribution in [1.29, 1.82) is 0 Å². The Morgan fingerprint density at radius 3 is 2.59 bits per heavy atom. The normalized spacial score (nSPS) is 14.8. The van der Waals surface area contributed by atoms with E-state index in [0.717, 1.165) is 22.9 Å². The minimum absolute atomic E-state index is 0.239. The van der Waals surface area contributed by atoms with Crippen molar-refractivity contribution in [3.05, 3.63) is 71.6 Å². The van der Waals surface area contributed by atoms with Gasteiger partial charge in [0, 0.05) is 50.2 Å². The highest BCUT2D eigenvalue weighted by atomic mass is 19.4. The van der Waals surface area contributed by atoms with Gasteiger partial charge in [0.1, 0.15) is 6.33 Å². The molecule has 0 aliphatic carbocycles. The van der Waals surface area contributed by atoms with Gasteiger partial charge in [-0.25, -0.2) is 19.9 Å². The third-order valence-electron chi connectivity index (χ3n) is 4.55. The van der Waals surface area contributed by atoms with Gasteiger partial charge in [0.15, 0.2) is 5.82 Å². The lowest BCUT2D eigenvalue weighted by Gasteiger charge is -2.29. The van der Waals surface area contributed by atoms with Gasteiger partial charge in [-0.1, -0.05) is 18.2 Å². The number of rotatable bonds is 3. The van der Waals surface area contributed by atoms with Crippen LogP contribution in [-0.2, 0) is 25.7 Å². The van der Waals surface area contributed by atoms with Crippen LogP contribution < -0.4 is 0 Å². The molecular weight excluding hydrogens is 355 g/mol. The average Bonchev–Trinajstić information content (AvgIpc) is 2.68. The summed E-state index contributed by atoms with van der Waals surface area (Å²) in [4.78, 5) is 18.9. The summed E-state index contributed by atoms with van der Waals surface area (Å²) < 4.78 is 39.6. The molecule has 4 rings (SSSR count). The molecule has 1 aliphatic rings. The SMILES string of the molecule is FC(F)(F)c1ccccc1CN1CCc2nc(-c3cncnc3)ncc2C1. The third kappa shape index (κ3) is 3.80. The van der Waals surface area contributed by atoms with E-state index < -0.39 is 11.7 Å². The average molecular weight is 371 g/mol. The Kier molecular flexibility index (Phi) is 4.57. The van der Waals surface area contributed by atoms with Gasteiger partial charge in [0.05, 0.1) is 16.8 Å². The number of fused-ring (bicyclic) bond motifs is 1. The number of halogens is 3. The second-order valence-corrected chi connectivity index (χ2v) is 6.41. The van der Waals surface area contributed by atoms with Crippen molar-refractivity contribution in [3.8, 4) is 11.4 Å². The number of nitrogens with zero attached hydrogens (tertiary/aromatic N) is 5. The zero-order chi connectivity index (χ0) is 18.9. The molecule has 2 aromatic heterocycles. The van der Waals surface area contributed by atoms with Crippen molar-refractivity contribution in [2.75, 3.05) is 6.54 Å². The lowest BCUT2D eigenvalue weighted by molar-refractivity contribution is -0.138. The van der Waals surface area contributed by atoms with Gasteiger partial charge in [-0.3, -0.25) is 4.90 Å². The Labute approximate surface area is 153 Å². The second kappa shape index (κ2) is 7.03. The highest BCUT2D eigenvalue weighted by molar-refractivity contribution is 5.52. The first-order valence-electron chi connectivity index (χ1n) is 8.48. The van der Waals surface area contributed by atoms with Crippen LogP contribution in [0.4, 0.5) is 13.2 Å². The summed E-state index contributed by atoms with van der Waals surface area (Å²) in [5, 5.41) is 0. The van der Waals surface area contributed by atoms with E-state index in [4.69, 9.17) is 0 Å². The van der Waals surface area contributed by atoms with Gasteiger partial charge in [-0.05, 0) is 11.6 Å². The molecule has 3 heterocycles. The Morgan fingerprint density at radius 1 is 1.04 bits per heavy atom. The fourth-order valence-electron chi connectivity index (χ4n) is 3.24. The Hall–Kier alpha value is -2.87. The minimum Gasteiger partial charge on any atom is -0.294 e. The smallest absolute Gasteiger partial charge is 0.294 e. The molecule has 5 nitrogen and oxygen atoms in total. The zero-order valence-corrected chi connectivity index (χ0v) is 14.3. The van der Waals surface area contributed by atoms with Crippen LogP contribution in [0.15, 0.2) is 49.2 Å². The summed E-state index contributed by atoms with van der Waals surface area (Å²) in [5.74, 6) is 0.560. The zero-order valence-electron chi connectivity index (χ0n) is 14.3. The molecule has 0 unspecified atom stereocenters. The van der Waals surface area contributed by atoms with Crippen LogP contribution in [0.5, 0.6) is 0 Å². The summed E-state index contributed by atoms with van der Waals surface area (Å²) in [5.41, 5.74) is 2.30. The Bertz CT molecular complexity index is 944. The molecular formula is C19H16F3N5. The van der Waals surface area contributed by atoms with Crippen LogP contribution in [0.2, 0.25) is 0 Å². The van der Waals surface area contributed by atoms with Crippen molar-refractivity contribution in [2.24, 2.45) is 0 Å². The predicted octanol–water partition coefficient (Wildman–Crippen LogP) is 3.51. The minimum atomic E-state index is -4.35. The van der Waals surface area contributed by atoms with Crippen molar-refractivity contribution in [1.82, 2.24) is 24.8 Å². The molecule has 8 heteroatoms. The molecule has 0 bridgehead atoms. The molecule has 138 valence electrons. The Balaban J connectivity index is 1.53. The number of hydrogen-bond acceptors (Lipinski definition) is 5. The van der Waals surface area contributed by atoms with Crippen molar-refractivity contribution >= 4 is 0 Å². The summed E-state index contributed by atoms with van der Waals surface area (Å²) in [6.07, 6.45) is 2.80. The highest BCUT2D eigenvalue weighted by Gasteiger charge is 2.33. The van der Waals surface area contributed by atoms with E-state index in [1.54, 1.807) is 24.7 Å². The van der Waals surface area contributed by atoms with Crippen LogP contribution in [0.3, 0.4) is 0 Å². The van der Waals surface area contributed by atoms with E-state index in [0.29, 0.717) is 25.3 Å². The van der Waals surface area contributed by atoms with Crippen LogP contribution in [0.25, 0.3) is 11.4 Å². The second-order valence-electron chi connectivity index (χ2n) is 6.41. The van der Waals surface area contributed by atoms with Crippen LogP contribution in [-0.4, -0.2) is 31.4 Å². The molecule has 1 aromatic carbocycles. The monoisotopic (exact) mass is 371 g/mol. The van der Waals surface area contributed by atoms with E-state index in [2.05, 4.69) is 19.9 Å². The quantitative estimate of drug-likeness (QED) is 0.705. The van der Waals surface area contributed by atoms with Crippen molar-refractivity contribution in [3.63, 3.8) is 0 Å². The van der Waals surface area contributed by atoms with Gasteiger partial charge >= 0.3 is 6.18 Å². The van der Waals surface area contributed by atoms with Gasteiger partial charge in [-0.2, -0.15) is 13.2 Å². The summed E-state index contributed by atoms with van der Waals surface area (Å²) in [6, 6.07) is 5.72. The van der Waals surface area contributed by atoms with E-state index in [9.17, 15) is 13.2 Å². The molecule has 0 saturated carbocycles. The number of aromatic nitrogens is 4. The topological polar surface area (TPSA) is 54.8 Å². The standard InChI is InChI=1S/C19H16F3N5/c20-19(21,22)16-4-2-1-3-13(16)10-27-6-5-17-15(11-27)9-25-18(26-17)14-7-23-12-24-8-14/h1-4,7-9,12H,5-6,10-11H2. The van der Waals surface area contributed by atoms with Crippen LogP contribution in [0.1, 0.15) is 22.4 Å². The maximum Gasteiger partial charge on any atom is 0.416 e. The van der Waals surface area contributed by atoms with E-state index in [-0.39, 0.29) is 12.1 Å². The molecule has 27 heavy (non-hydrogen) atoms. The molecule has 0 radical (unpaired) electrons. The first-order valence-corrected chi connectivity index (χ1v) is 8.48. The largest absolute Gasteiger partial charge is 0.416 e. The van der Waals surface area contributed by atoms with E-state index in [1.165, 1.54) is 18.5 Å². The lowest BCUT2D eigenvalue weighted by Crippen LogP contribution is -2.31. The van der Waals surface area contributed by atoms with Gasteiger partial charge < -0.3 is 0 Å². The lowest BCUT2D eigenvalue weighted by atomic mass is 10.0. The maximum absolute atomic E-state index is 13.2. The summed E-state index contributed by atoms with van der Waals surface area (Å²) in [7, 11) is 0. The molecule has 0 fully saturated rings. The van der Waals surface area contributed by atoms with E-state index in [1.807, 2.05) is 4.90 Å². The molecule has 0 N–H and O–H groups in total. The number of hydrogen-bond donors (Lipinski definition) is 0. The van der Waals surface area contributed by atoms with Crippen molar-refractivity contribution < 1.29 is 13.2 Å². The Morgan fingerprint density at radius 2 is 1.81 bits per heavy atom. The van der Waals surface area contributed by atoms with Gasteiger partial charge in [0.25, 0.3) is 0 Å². The molecule has 1 aliphatic heterocycles. The van der Waals surface area contributed by atoms with E-state index >= 15 is 0 Å². The molecule has 0 saturated heterocycles. The summed E-state index contributed by atoms with van der Waals surface area (Å²) in [6.45, 7) is 1.40. The highest BCUT2D eigenvalue weighted by Crippen LogP contribution is 2.33. The van der Waals surface area contributed by atoms with Gasteiger partial charge in [0.2, 0.25) is 0 Å². The molecule has 0 atom stereocenters. The fraction of sp³-hybridized carbons (Fsp3) is 0.263. The third-order valence-corrected chi connectivity index (χ3v) is 4.55. The van der Waals surface area contributed by atoms with Crippen molar-refractivity contribution in [2.45, 2.75) is 25.7 Å². The number of benzene rings is 1. The molecule has 0 amide bonds. The molecule has 3 aromatic rings. The maximum atomic E-state index is 13.2. The van der Waals surface area contributed by atoms with Crippen LogP contribution >= 0.6 is 0 Å². The predicted molar refractivity (Wildman–Crippen MR) is 92.3 cm³/mol.